The van der Waals surface area contributed by atoms with Crippen molar-refractivity contribution in [3.05, 3.63) is 72.6 Å². The number of fused-ring (bicyclic) bond motifs is 2. The minimum Gasteiger partial charge on any atom is -0.421 e. The van der Waals surface area contributed by atoms with Gasteiger partial charge in [0.05, 0.1) is 5.56 Å². The molecule has 2 heterocycles. The van der Waals surface area contributed by atoms with E-state index in [0.717, 1.165) is 29.3 Å². The Balaban J connectivity index is 1.68. The van der Waals surface area contributed by atoms with Gasteiger partial charge in [0.25, 0.3) is 0 Å². The Morgan fingerprint density at radius 1 is 1.04 bits per heavy atom. The smallest absolute Gasteiger partial charge is 0.345 e. The second-order valence-corrected chi connectivity index (χ2v) is 6.68. The molecule has 0 unspecified atom stereocenters. The van der Waals surface area contributed by atoms with Crippen LogP contribution in [0.3, 0.4) is 0 Å². The topological polar surface area (TPSA) is 44.1 Å². The fourth-order valence-electron chi connectivity index (χ4n) is 3.44. The predicted molar refractivity (Wildman–Crippen MR) is 108 cm³/mol. The monoisotopic (exact) mass is 358 g/mol. The zero-order chi connectivity index (χ0) is 18.6. The maximum absolute atomic E-state index is 13.0. The molecule has 2 aromatic carbocycles. The van der Waals surface area contributed by atoms with Crippen LogP contribution < -0.4 is 4.74 Å². The molecule has 0 N–H and O–H groups in total. The molecule has 0 saturated heterocycles. The molecule has 4 nitrogen and oxygen atoms in total. The van der Waals surface area contributed by atoms with Gasteiger partial charge in [-0.3, -0.25) is 4.98 Å². The van der Waals surface area contributed by atoms with Crippen LogP contribution in [0.1, 0.15) is 36.5 Å². The first-order valence-electron chi connectivity index (χ1n) is 9.41. The minimum atomic E-state index is -0.349. The molecule has 0 aliphatic rings. The van der Waals surface area contributed by atoms with E-state index in [1.807, 2.05) is 48.7 Å². The second kappa shape index (κ2) is 7.62. The first kappa shape index (κ1) is 17.3. The highest BCUT2D eigenvalue weighted by Gasteiger charge is 2.18. The molecule has 0 aliphatic heterocycles. The van der Waals surface area contributed by atoms with Gasteiger partial charge >= 0.3 is 5.97 Å². The van der Waals surface area contributed by atoms with Crippen molar-refractivity contribution in [3.63, 3.8) is 0 Å². The van der Waals surface area contributed by atoms with Gasteiger partial charge in [-0.1, -0.05) is 56.2 Å². The lowest BCUT2D eigenvalue weighted by Crippen LogP contribution is -2.08. The third-order valence-corrected chi connectivity index (χ3v) is 4.81. The molecule has 0 saturated carbocycles. The lowest BCUT2D eigenvalue weighted by molar-refractivity contribution is 0.0738. The highest BCUT2D eigenvalue weighted by atomic mass is 16.5. The number of rotatable bonds is 6. The van der Waals surface area contributed by atoms with Crippen molar-refractivity contribution < 1.29 is 9.53 Å². The van der Waals surface area contributed by atoms with Gasteiger partial charge < -0.3 is 9.30 Å². The van der Waals surface area contributed by atoms with E-state index in [4.69, 9.17) is 4.74 Å². The van der Waals surface area contributed by atoms with E-state index in [1.54, 1.807) is 12.3 Å². The fourth-order valence-corrected chi connectivity index (χ4v) is 3.44. The molecular formula is C23H22N2O2. The molecule has 0 fully saturated rings. The van der Waals surface area contributed by atoms with Crippen LogP contribution in [0.5, 0.6) is 5.75 Å². The average Bonchev–Trinajstić information content (AvgIpc) is 3.08. The molecule has 0 radical (unpaired) electrons. The molecular weight excluding hydrogens is 336 g/mol. The fraction of sp³-hybridized carbons (Fsp3) is 0.217. The van der Waals surface area contributed by atoms with Gasteiger partial charge in [-0.2, -0.15) is 0 Å². The van der Waals surface area contributed by atoms with Crippen molar-refractivity contribution in [1.29, 1.82) is 0 Å². The molecule has 0 amide bonds. The predicted octanol–water partition coefficient (Wildman–Crippen LogP) is 5.60. The average molecular weight is 358 g/mol. The van der Waals surface area contributed by atoms with Gasteiger partial charge in [-0.05, 0) is 24.6 Å². The number of aryl methyl sites for hydroxylation is 1. The summed E-state index contributed by atoms with van der Waals surface area (Å²) in [6.45, 7) is 3.09. The first-order chi connectivity index (χ1) is 13.3. The number of carbonyl (C=O) groups excluding carboxylic acids is 1. The summed E-state index contributed by atoms with van der Waals surface area (Å²) in [5, 5.41) is 1.87. The van der Waals surface area contributed by atoms with Gasteiger partial charge in [0.2, 0.25) is 0 Å². The summed E-state index contributed by atoms with van der Waals surface area (Å²) in [5.74, 6) is 0.138. The van der Waals surface area contributed by atoms with Crippen LogP contribution in [0.4, 0.5) is 0 Å². The number of esters is 1. The van der Waals surface area contributed by atoms with Crippen molar-refractivity contribution >= 4 is 27.8 Å². The summed E-state index contributed by atoms with van der Waals surface area (Å²) in [6.07, 6.45) is 7.06. The Hall–Kier alpha value is -3.14. The summed E-state index contributed by atoms with van der Waals surface area (Å²) < 4.78 is 7.90. The molecule has 4 rings (SSSR count). The Morgan fingerprint density at radius 2 is 1.89 bits per heavy atom. The van der Waals surface area contributed by atoms with Crippen molar-refractivity contribution in [2.75, 3.05) is 0 Å². The van der Waals surface area contributed by atoms with Crippen molar-refractivity contribution in [2.45, 2.75) is 32.7 Å². The zero-order valence-electron chi connectivity index (χ0n) is 15.4. The summed E-state index contributed by atoms with van der Waals surface area (Å²) in [4.78, 5) is 17.3. The zero-order valence-corrected chi connectivity index (χ0v) is 15.4. The van der Waals surface area contributed by atoms with E-state index in [2.05, 4.69) is 22.5 Å². The number of nitrogens with zero attached hydrogens (tertiary/aromatic N) is 2. The number of carbonyl (C=O) groups is 1. The summed E-state index contributed by atoms with van der Waals surface area (Å²) in [6, 6.07) is 17.4. The lowest BCUT2D eigenvalue weighted by Gasteiger charge is -2.06. The number of benzene rings is 2. The summed E-state index contributed by atoms with van der Waals surface area (Å²) in [7, 11) is 0. The van der Waals surface area contributed by atoms with E-state index in [-0.39, 0.29) is 5.97 Å². The molecule has 2 aromatic heterocycles. The molecule has 0 bridgehead atoms. The largest absolute Gasteiger partial charge is 0.421 e. The van der Waals surface area contributed by atoms with Gasteiger partial charge in [0.15, 0.2) is 5.75 Å². The van der Waals surface area contributed by atoms with Crippen LogP contribution in [0, 0.1) is 0 Å². The normalized spacial score (nSPS) is 11.1. The number of hydrogen-bond donors (Lipinski definition) is 0. The molecule has 4 aromatic rings. The Morgan fingerprint density at radius 3 is 2.78 bits per heavy atom. The van der Waals surface area contributed by atoms with Crippen LogP contribution in [0.25, 0.3) is 21.8 Å². The molecule has 4 heteroatoms. The number of aromatic nitrogens is 2. The Bertz CT molecular complexity index is 1090. The van der Waals surface area contributed by atoms with Gasteiger partial charge in [-0.15, -0.1) is 0 Å². The maximum Gasteiger partial charge on any atom is 0.345 e. The molecule has 0 aliphatic carbocycles. The van der Waals surface area contributed by atoms with Gasteiger partial charge in [0, 0.05) is 35.2 Å². The highest BCUT2D eigenvalue weighted by Crippen LogP contribution is 2.27. The minimum absolute atomic E-state index is 0.349. The van der Waals surface area contributed by atoms with Crippen molar-refractivity contribution in [3.8, 4) is 5.75 Å². The number of hydrogen-bond acceptors (Lipinski definition) is 3. The van der Waals surface area contributed by atoms with Crippen molar-refractivity contribution in [1.82, 2.24) is 9.55 Å². The number of unbranched alkanes of at least 4 members (excludes halogenated alkanes) is 2. The third kappa shape index (κ3) is 3.43. The second-order valence-electron chi connectivity index (χ2n) is 6.68. The van der Waals surface area contributed by atoms with Crippen LogP contribution in [0.2, 0.25) is 0 Å². The number of pyridine rings is 1. The van der Waals surface area contributed by atoms with Crippen LogP contribution >= 0.6 is 0 Å². The molecule has 0 spiro atoms. The quantitative estimate of drug-likeness (QED) is 0.256. The van der Waals surface area contributed by atoms with E-state index in [1.165, 1.54) is 12.8 Å². The van der Waals surface area contributed by atoms with E-state index in [9.17, 15) is 4.79 Å². The van der Waals surface area contributed by atoms with E-state index in [0.29, 0.717) is 16.8 Å². The number of ether oxygens (including phenoxy) is 1. The lowest BCUT2D eigenvalue weighted by atomic mass is 10.2. The van der Waals surface area contributed by atoms with Crippen molar-refractivity contribution in [2.24, 2.45) is 0 Å². The Kier molecular flexibility index (Phi) is 4.88. The standard InChI is InChI=1S/C23H22N2O2/c1-2-3-6-15-25-16-19(18-11-4-5-12-20(18)25)23(26)27-21-13-7-9-17-10-8-14-24-22(17)21/h4-5,7-14,16H,2-3,6,15H2,1H3. The van der Waals surface area contributed by atoms with Crippen LogP contribution in [-0.2, 0) is 6.54 Å². The SMILES string of the molecule is CCCCCn1cc(C(=O)Oc2cccc3cccnc23)c2ccccc21. The van der Waals surface area contributed by atoms with Crippen LogP contribution in [-0.4, -0.2) is 15.5 Å². The number of para-hydroxylation sites is 2. The van der Waals surface area contributed by atoms with Crippen LogP contribution in [0.15, 0.2) is 67.0 Å². The van der Waals surface area contributed by atoms with Gasteiger partial charge in [0.1, 0.15) is 5.52 Å². The van der Waals surface area contributed by atoms with E-state index < -0.39 is 0 Å². The maximum atomic E-state index is 13.0. The molecule has 27 heavy (non-hydrogen) atoms. The summed E-state index contributed by atoms with van der Waals surface area (Å²) >= 11 is 0. The molecule has 136 valence electrons. The Labute approximate surface area is 158 Å². The highest BCUT2D eigenvalue weighted by molar-refractivity contribution is 6.05. The van der Waals surface area contributed by atoms with E-state index >= 15 is 0 Å². The first-order valence-corrected chi connectivity index (χ1v) is 9.41. The van der Waals surface area contributed by atoms with Gasteiger partial charge in [-0.25, -0.2) is 4.79 Å². The summed E-state index contributed by atoms with van der Waals surface area (Å²) in [5.41, 5.74) is 2.35. The molecule has 0 atom stereocenters. The third-order valence-electron chi connectivity index (χ3n) is 4.81.